The normalized spacial score (nSPS) is 13.6. The Kier molecular flexibility index (Phi) is 7.13. The summed E-state index contributed by atoms with van der Waals surface area (Å²) in [4.78, 5) is 39.0. The molecule has 1 aliphatic heterocycles. The molecule has 1 N–H and O–H groups in total. The molecule has 0 saturated carbocycles. The van der Waals surface area contributed by atoms with E-state index < -0.39 is 39.0 Å². The molecule has 0 atom stereocenters. The molecule has 3 aromatic rings. The molecule has 0 spiro atoms. The molecule has 2 aromatic carbocycles. The fourth-order valence-corrected chi connectivity index (χ4v) is 6.22. The van der Waals surface area contributed by atoms with Crippen LogP contribution < -0.4 is 10.2 Å². The number of imide groups is 1. The summed E-state index contributed by atoms with van der Waals surface area (Å²) >= 11 is 1.02. The van der Waals surface area contributed by atoms with Crippen LogP contribution in [0, 0.1) is 5.82 Å². The van der Waals surface area contributed by atoms with Gasteiger partial charge in [-0.25, -0.2) is 17.7 Å². The van der Waals surface area contributed by atoms with Crippen molar-refractivity contribution in [3.63, 3.8) is 0 Å². The van der Waals surface area contributed by atoms with Gasteiger partial charge in [0.1, 0.15) is 15.8 Å². The Labute approximate surface area is 206 Å². The lowest BCUT2D eigenvalue weighted by Gasteiger charge is -2.27. The summed E-state index contributed by atoms with van der Waals surface area (Å²) in [6, 6.07) is 11.9. The molecule has 2 amide bonds. The number of hydrogen-bond acceptors (Lipinski definition) is 7. The molecule has 1 aromatic heterocycles. The van der Waals surface area contributed by atoms with Gasteiger partial charge in [-0.1, -0.05) is 19.1 Å². The number of amides is 2. The summed E-state index contributed by atoms with van der Waals surface area (Å²) < 4.78 is 39.7. The Balaban J connectivity index is 1.51. The minimum absolute atomic E-state index is 0.0526. The number of fused-ring (bicyclic) bond motifs is 1. The van der Waals surface area contributed by atoms with Gasteiger partial charge >= 0.3 is 0 Å². The number of anilines is 2. The summed E-state index contributed by atoms with van der Waals surface area (Å²) in [6.45, 7) is 2.78. The van der Waals surface area contributed by atoms with Gasteiger partial charge in [-0.2, -0.15) is 0 Å². The molecular weight excluding hydrogens is 491 g/mol. The molecule has 10 heteroatoms. The Morgan fingerprint density at radius 1 is 1.14 bits per heavy atom. The molecule has 0 bridgehead atoms. The first kappa shape index (κ1) is 24.7. The summed E-state index contributed by atoms with van der Waals surface area (Å²) in [6.07, 6.45) is 0.580. The molecule has 0 saturated heterocycles. The average molecular weight is 515 g/mol. The van der Waals surface area contributed by atoms with Crippen LogP contribution in [0.15, 0.2) is 58.1 Å². The van der Waals surface area contributed by atoms with Gasteiger partial charge < -0.3 is 5.32 Å². The Morgan fingerprint density at radius 2 is 1.94 bits per heavy atom. The van der Waals surface area contributed by atoms with Crippen LogP contribution in [-0.2, 0) is 32.3 Å². The predicted octanol–water partition coefficient (Wildman–Crippen LogP) is 4.02. The Hall–Kier alpha value is -3.37. The SMILES string of the molecule is CCCNc1ccc2c(c1)CC(=O)N(c1ccc(CC(=O)CS(=O)(=O)c3cccs3)cc1F)C2=O. The van der Waals surface area contributed by atoms with E-state index in [1.54, 1.807) is 29.6 Å². The second-order valence-corrected chi connectivity index (χ2v) is 11.4. The van der Waals surface area contributed by atoms with Gasteiger partial charge in [0, 0.05) is 24.2 Å². The van der Waals surface area contributed by atoms with Crippen LogP contribution in [0.2, 0.25) is 0 Å². The van der Waals surface area contributed by atoms with Crippen LogP contribution in [0.3, 0.4) is 0 Å². The Bertz CT molecular complexity index is 1400. The third-order valence-corrected chi connectivity index (χ3v) is 8.68. The zero-order valence-electron chi connectivity index (χ0n) is 18.9. The smallest absolute Gasteiger partial charge is 0.265 e. The minimum atomic E-state index is -3.75. The van der Waals surface area contributed by atoms with Crippen molar-refractivity contribution in [1.29, 1.82) is 0 Å². The number of halogens is 1. The van der Waals surface area contributed by atoms with Gasteiger partial charge in [0.2, 0.25) is 5.91 Å². The molecule has 0 fully saturated rings. The van der Waals surface area contributed by atoms with Gasteiger partial charge in [0.05, 0.1) is 12.1 Å². The monoisotopic (exact) mass is 514 g/mol. The quantitative estimate of drug-likeness (QED) is 0.433. The van der Waals surface area contributed by atoms with E-state index >= 15 is 0 Å². The molecule has 7 nitrogen and oxygen atoms in total. The van der Waals surface area contributed by atoms with Crippen molar-refractivity contribution in [3.8, 4) is 0 Å². The molecule has 4 rings (SSSR count). The van der Waals surface area contributed by atoms with E-state index in [1.807, 2.05) is 6.92 Å². The number of nitrogens with one attached hydrogen (secondary N) is 1. The van der Waals surface area contributed by atoms with Crippen LogP contribution >= 0.6 is 11.3 Å². The van der Waals surface area contributed by atoms with Crippen molar-refractivity contribution in [2.75, 3.05) is 22.5 Å². The van der Waals surface area contributed by atoms with Crippen molar-refractivity contribution >= 4 is 50.1 Å². The maximum Gasteiger partial charge on any atom is 0.265 e. The number of ketones is 1. The van der Waals surface area contributed by atoms with Crippen LogP contribution in [0.1, 0.15) is 34.8 Å². The molecular formula is C25H23FN2O5S2. The van der Waals surface area contributed by atoms with E-state index in [9.17, 15) is 27.2 Å². The summed E-state index contributed by atoms with van der Waals surface area (Å²) in [7, 11) is -3.75. The lowest BCUT2D eigenvalue weighted by Crippen LogP contribution is -2.43. The van der Waals surface area contributed by atoms with Crippen molar-refractivity contribution in [2.45, 2.75) is 30.4 Å². The first-order valence-corrected chi connectivity index (χ1v) is 13.5. The fourth-order valence-electron chi connectivity index (χ4n) is 3.89. The van der Waals surface area contributed by atoms with Crippen molar-refractivity contribution in [1.82, 2.24) is 0 Å². The van der Waals surface area contributed by atoms with Gasteiger partial charge in [-0.3, -0.25) is 14.4 Å². The molecule has 1 aliphatic rings. The Morgan fingerprint density at radius 3 is 2.63 bits per heavy atom. The lowest BCUT2D eigenvalue weighted by atomic mass is 9.96. The standard InChI is InChI=1S/C25H23FN2O5S2/c1-2-9-27-18-6-7-20-17(13-18)14-23(30)28(25(20)31)22-8-5-16(12-21(22)26)11-19(29)15-35(32,33)24-4-3-10-34-24/h3-8,10,12-13,27H,2,9,11,14-15H2,1H3. The zero-order chi connectivity index (χ0) is 25.2. The van der Waals surface area contributed by atoms with E-state index in [0.717, 1.165) is 41.0 Å². The van der Waals surface area contributed by atoms with E-state index in [-0.39, 0.29) is 28.3 Å². The molecule has 182 valence electrons. The van der Waals surface area contributed by atoms with Gasteiger partial charge in [0.25, 0.3) is 5.91 Å². The van der Waals surface area contributed by atoms with Crippen LogP contribution in [0.4, 0.5) is 15.8 Å². The summed E-state index contributed by atoms with van der Waals surface area (Å²) in [5, 5.41) is 4.82. The number of benzene rings is 2. The van der Waals surface area contributed by atoms with Crippen molar-refractivity contribution in [2.24, 2.45) is 0 Å². The number of rotatable bonds is 9. The minimum Gasteiger partial charge on any atom is -0.385 e. The van der Waals surface area contributed by atoms with Gasteiger partial charge in [0.15, 0.2) is 15.6 Å². The maximum atomic E-state index is 15.0. The third-order valence-electron chi connectivity index (χ3n) is 5.52. The number of carbonyl (C=O) groups is 3. The number of nitrogens with zero attached hydrogens (tertiary/aromatic N) is 1. The van der Waals surface area contributed by atoms with Crippen molar-refractivity contribution < 1.29 is 27.2 Å². The highest BCUT2D eigenvalue weighted by Crippen LogP contribution is 2.30. The van der Waals surface area contributed by atoms with Crippen LogP contribution in [-0.4, -0.2) is 38.3 Å². The first-order chi connectivity index (χ1) is 16.7. The van der Waals surface area contributed by atoms with E-state index in [1.165, 1.54) is 18.2 Å². The highest BCUT2D eigenvalue weighted by molar-refractivity contribution is 7.94. The summed E-state index contributed by atoms with van der Waals surface area (Å²) in [5.41, 5.74) is 1.75. The molecule has 0 radical (unpaired) electrons. The van der Waals surface area contributed by atoms with E-state index in [2.05, 4.69) is 5.32 Å². The average Bonchev–Trinajstić information content (AvgIpc) is 3.34. The topological polar surface area (TPSA) is 101 Å². The summed E-state index contributed by atoms with van der Waals surface area (Å²) in [5.74, 6) is -3.30. The molecule has 2 heterocycles. The molecule has 35 heavy (non-hydrogen) atoms. The van der Waals surface area contributed by atoms with E-state index in [4.69, 9.17) is 0 Å². The third kappa shape index (κ3) is 5.33. The number of thiophene rings is 1. The number of carbonyl (C=O) groups excluding carboxylic acids is 3. The highest BCUT2D eigenvalue weighted by atomic mass is 32.2. The van der Waals surface area contributed by atoms with Gasteiger partial charge in [-0.15, -0.1) is 11.3 Å². The van der Waals surface area contributed by atoms with Gasteiger partial charge in [-0.05, 0) is 59.3 Å². The molecule has 0 aliphatic carbocycles. The lowest BCUT2D eigenvalue weighted by molar-refractivity contribution is -0.118. The second-order valence-electron chi connectivity index (χ2n) is 8.20. The van der Waals surface area contributed by atoms with Crippen LogP contribution in [0.25, 0.3) is 0 Å². The maximum absolute atomic E-state index is 15.0. The predicted molar refractivity (Wildman–Crippen MR) is 132 cm³/mol. The first-order valence-electron chi connectivity index (χ1n) is 11.0. The van der Waals surface area contributed by atoms with E-state index in [0.29, 0.717) is 11.1 Å². The number of Topliss-reactive ketones (excluding diaryl/α,β-unsaturated/α-hetero) is 1. The number of hydrogen-bond donors (Lipinski definition) is 1. The number of sulfone groups is 1. The zero-order valence-corrected chi connectivity index (χ0v) is 20.5. The highest BCUT2D eigenvalue weighted by Gasteiger charge is 2.34. The van der Waals surface area contributed by atoms with Crippen LogP contribution in [0.5, 0.6) is 0 Å². The second kappa shape index (κ2) is 10.1. The fraction of sp³-hybridized carbons (Fsp3) is 0.240. The molecule has 0 unspecified atom stereocenters. The largest absolute Gasteiger partial charge is 0.385 e. The van der Waals surface area contributed by atoms with Crippen molar-refractivity contribution in [3.05, 3.63) is 76.4 Å².